The van der Waals surface area contributed by atoms with Gasteiger partial charge < -0.3 is 22.5 Å². The molecule has 0 spiro atoms. The third-order valence-corrected chi connectivity index (χ3v) is 0.354. The summed E-state index contributed by atoms with van der Waals surface area (Å²) in [5, 5.41) is 9.15. The van der Waals surface area contributed by atoms with E-state index in [1.54, 1.807) is 0 Å². The van der Waals surface area contributed by atoms with Gasteiger partial charge in [0, 0.05) is 5.97 Å². The molecule has 0 aliphatic carbocycles. The average molecular weight is 168 g/mol. The zero-order valence-corrected chi connectivity index (χ0v) is 11.5. The van der Waals surface area contributed by atoms with Gasteiger partial charge in [-0.2, -0.15) is 0 Å². The van der Waals surface area contributed by atoms with Gasteiger partial charge in [0.25, 0.3) is 0 Å². The van der Waals surface area contributed by atoms with Crippen molar-refractivity contribution in [2.75, 3.05) is 5.75 Å². The maximum Gasteiger partial charge on any atom is 1.00 e. The number of carbonyl (C=O) groups excluding carboxylic acids is 1. The summed E-state index contributed by atoms with van der Waals surface area (Å²) in [5.41, 5.74) is 0. The first-order chi connectivity index (χ1) is 2.27. The second-order valence-electron chi connectivity index (χ2n) is 0.516. The van der Waals surface area contributed by atoms with Crippen molar-refractivity contribution in [2.45, 2.75) is 0 Å². The summed E-state index contributed by atoms with van der Waals surface area (Å²) in [6, 6.07) is 0. The Bertz CT molecular complexity index is 49.0. The Morgan fingerprint density at radius 2 is 1.71 bits per heavy atom. The molecule has 0 saturated heterocycles. The Balaban J connectivity index is -0.0000000800. The van der Waals surface area contributed by atoms with Crippen LogP contribution in [0.25, 0.3) is 0 Å². The summed E-state index contributed by atoms with van der Waals surface area (Å²) in [6.07, 6.45) is 0. The normalized spacial score (nSPS) is 5.29. The van der Waals surface area contributed by atoms with Crippen molar-refractivity contribution in [1.82, 2.24) is 0 Å². The van der Waals surface area contributed by atoms with E-state index in [1.807, 2.05) is 0 Å². The fraction of sp³-hybridized carbons (Fsp3) is 0.500. The Hall–Kier alpha value is 3.09. The zero-order chi connectivity index (χ0) is 4.28. The minimum absolute atomic E-state index is 0. The molecular formula is C2H2K2O2S. The van der Waals surface area contributed by atoms with Crippen molar-refractivity contribution in [1.29, 1.82) is 0 Å². The third-order valence-electron chi connectivity index (χ3n) is 0.118. The molecule has 0 aromatic heterocycles. The van der Waals surface area contributed by atoms with E-state index in [0.29, 0.717) is 0 Å². The molecule has 0 aliphatic rings. The van der Waals surface area contributed by atoms with E-state index < -0.39 is 5.97 Å². The first kappa shape index (κ1) is 16.6. The van der Waals surface area contributed by atoms with Gasteiger partial charge in [-0.05, 0) is 0 Å². The minimum atomic E-state index is -1.18. The minimum Gasteiger partial charge on any atom is -0.787 e. The Kier molecular flexibility index (Phi) is 28.0. The van der Waals surface area contributed by atoms with E-state index in [4.69, 9.17) is 9.90 Å². The zero-order valence-electron chi connectivity index (χ0n) is 4.43. The number of carboxylic acids is 1. The predicted octanol–water partition coefficient (Wildman–Crippen LogP) is -7.71. The molecule has 30 valence electrons. The van der Waals surface area contributed by atoms with Crippen molar-refractivity contribution in [3.63, 3.8) is 0 Å². The van der Waals surface area contributed by atoms with E-state index in [1.165, 1.54) is 0 Å². The van der Waals surface area contributed by atoms with Crippen LogP contribution in [0.5, 0.6) is 0 Å². The summed E-state index contributed by atoms with van der Waals surface area (Å²) in [5.74, 6) is -1.49. The maximum atomic E-state index is 9.15. The number of aliphatic carboxylic acids is 1. The Morgan fingerprint density at radius 3 is 1.71 bits per heavy atom. The molecule has 0 bridgehead atoms. The van der Waals surface area contributed by atoms with Gasteiger partial charge in [0.2, 0.25) is 0 Å². The van der Waals surface area contributed by atoms with Crippen molar-refractivity contribution in [3.05, 3.63) is 0 Å². The topological polar surface area (TPSA) is 40.1 Å². The largest absolute Gasteiger partial charge is 1.00 e. The molecule has 0 saturated carbocycles. The molecule has 0 radical (unpaired) electrons. The van der Waals surface area contributed by atoms with Crippen LogP contribution in [-0.4, -0.2) is 11.7 Å². The van der Waals surface area contributed by atoms with Gasteiger partial charge in [-0.15, -0.1) is 5.75 Å². The third kappa shape index (κ3) is 17.6. The molecule has 0 rings (SSSR count). The van der Waals surface area contributed by atoms with Crippen LogP contribution in [0.15, 0.2) is 0 Å². The Labute approximate surface area is 133 Å². The van der Waals surface area contributed by atoms with Gasteiger partial charge >= 0.3 is 103 Å². The van der Waals surface area contributed by atoms with E-state index in [-0.39, 0.29) is 109 Å². The quantitative estimate of drug-likeness (QED) is 0.288. The van der Waals surface area contributed by atoms with E-state index in [2.05, 4.69) is 12.6 Å². The van der Waals surface area contributed by atoms with Gasteiger partial charge in [0.05, 0.1) is 0 Å². The van der Waals surface area contributed by atoms with Crippen LogP contribution in [0.4, 0.5) is 0 Å². The van der Waals surface area contributed by atoms with Crippen molar-refractivity contribution in [3.8, 4) is 0 Å². The van der Waals surface area contributed by atoms with E-state index >= 15 is 0 Å². The molecule has 0 atom stereocenters. The molecule has 0 unspecified atom stereocenters. The molecule has 0 amide bonds. The molecular weight excluding hydrogens is 166 g/mol. The van der Waals surface area contributed by atoms with Gasteiger partial charge in [-0.3, -0.25) is 0 Å². The number of rotatable bonds is 1. The first-order valence-electron chi connectivity index (χ1n) is 1.05. The summed E-state index contributed by atoms with van der Waals surface area (Å²) in [7, 11) is 0. The molecule has 0 N–H and O–H groups in total. The molecule has 0 aromatic carbocycles. The summed E-state index contributed by atoms with van der Waals surface area (Å²) in [6.45, 7) is 0. The van der Waals surface area contributed by atoms with Crippen molar-refractivity contribution < 1.29 is 113 Å². The van der Waals surface area contributed by atoms with Crippen molar-refractivity contribution >= 4 is 18.6 Å². The standard InChI is InChI=1S/C2H4O2S.2K/c3-2(4)1-5;;/h5H,1H2,(H,3,4);;/q;2*+1/p-2. The van der Waals surface area contributed by atoms with Gasteiger partial charge in [0.15, 0.2) is 0 Å². The molecule has 0 fully saturated rings. The van der Waals surface area contributed by atoms with Crippen molar-refractivity contribution in [2.24, 2.45) is 0 Å². The van der Waals surface area contributed by atoms with Gasteiger partial charge in [-0.25, -0.2) is 0 Å². The number of hydrogen-bond donors (Lipinski definition) is 0. The molecule has 5 heteroatoms. The van der Waals surface area contributed by atoms with Crippen LogP contribution < -0.4 is 108 Å². The van der Waals surface area contributed by atoms with Gasteiger partial charge in [0.1, 0.15) is 0 Å². The summed E-state index contributed by atoms with van der Waals surface area (Å²) in [4.78, 5) is 9.15. The van der Waals surface area contributed by atoms with Crippen LogP contribution in [0, 0.1) is 0 Å². The SMILES string of the molecule is O=C([O-])C[S-].[K+].[K+]. The molecule has 2 nitrogen and oxygen atoms in total. The predicted molar refractivity (Wildman–Crippen MR) is 17.2 cm³/mol. The molecule has 0 aliphatic heterocycles. The van der Waals surface area contributed by atoms with E-state index in [9.17, 15) is 0 Å². The molecule has 0 heterocycles. The van der Waals surface area contributed by atoms with Crippen LogP contribution >= 0.6 is 0 Å². The van der Waals surface area contributed by atoms with Crippen LogP contribution in [0.2, 0.25) is 0 Å². The van der Waals surface area contributed by atoms with E-state index in [0.717, 1.165) is 0 Å². The second kappa shape index (κ2) is 11.8. The van der Waals surface area contributed by atoms with Crippen LogP contribution in [0.1, 0.15) is 0 Å². The smallest absolute Gasteiger partial charge is 0.787 e. The monoisotopic (exact) mass is 168 g/mol. The summed E-state index contributed by atoms with van der Waals surface area (Å²) < 4.78 is 0. The average Bonchev–Trinajstić information content (AvgIpc) is 1.38. The number of carboxylic acid groups (broad SMARTS) is 1. The number of carbonyl (C=O) groups is 1. The second-order valence-corrected chi connectivity index (χ2v) is 0.805. The summed E-state index contributed by atoms with van der Waals surface area (Å²) >= 11 is 4.01. The maximum absolute atomic E-state index is 9.15. The molecule has 7 heavy (non-hydrogen) atoms. The molecule has 0 aromatic rings. The Morgan fingerprint density at radius 1 is 1.57 bits per heavy atom. The van der Waals surface area contributed by atoms with Crippen LogP contribution in [-0.2, 0) is 17.4 Å². The fourth-order valence-electron chi connectivity index (χ4n) is 0. The van der Waals surface area contributed by atoms with Crippen LogP contribution in [0.3, 0.4) is 0 Å². The fourth-order valence-corrected chi connectivity index (χ4v) is 0. The number of hydrogen-bond acceptors (Lipinski definition) is 3. The van der Waals surface area contributed by atoms with Gasteiger partial charge in [-0.1, -0.05) is 0 Å². The first-order valence-corrected chi connectivity index (χ1v) is 1.63.